The fourth-order valence-electron chi connectivity index (χ4n) is 2.19. The number of hydrogen-bond acceptors (Lipinski definition) is 1. The summed E-state index contributed by atoms with van der Waals surface area (Å²) in [6, 6.07) is 0. The first-order valence-electron chi connectivity index (χ1n) is 5.41. The van der Waals surface area contributed by atoms with Crippen LogP contribution in [0.25, 0.3) is 11.1 Å². The van der Waals surface area contributed by atoms with E-state index in [1.165, 1.54) is 22.3 Å². The molecule has 1 heterocycles. The molecular weight excluding hydrogens is 414 g/mol. The van der Waals surface area contributed by atoms with E-state index in [9.17, 15) is 0 Å². The van der Waals surface area contributed by atoms with Crippen LogP contribution in [-0.4, -0.2) is 0 Å². The summed E-state index contributed by atoms with van der Waals surface area (Å²) in [5.74, 6) is 0. The van der Waals surface area contributed by atoms with E-state index >= 15 is 0 Å². The molecule has 85 valence electrons. The Bertz CT molecular complexity index is 547. The first-order valence-corrected chi connectivity index (χ1v) is 8.09. The molecule has 0 N–H and O–H groups in total. The Morgan fingerprint density at radius 2 is 1.65 bits per heavy atom. The van der Waals surface area contributed by atoms with E-state index in [1.54, 1.807) is 2.63 Å². The molecule has 2 aliphatic rings. The molecule has 0 saturated heterocycles. The van der Waals surface area contributed by atoms with Crippen LogP contribution in [0.5, 0.6) is 0 Å². The van der Waals surface area contributed by atoms with E-state index in [4.69, 9.17) is 0 Å². The van der Waals surface area contributed by atoms with Crippen molar-refractivity contribution >= 4 is 37.5 Å². The van der Waals surface area contributed by atoms with Crippen LogP contribution in [0.2, 0.25) is 0 Å². The summed E-state index contributed by atoms with van der Waals surface area (Å²) in [6.45, 7) is 0. The summed E-state index contributed by atoms with van der Waals surface area (Å²) in [5, 5.41) is 2.34. The summed E-state index contributed by atoms with van der Waals surface area (Å²) >= 11 is 3.08. The van der Waals surface area contributed by atoms with Crippen molar-refractivity contribution in [1.29, 1.82) is 0 Å². The van der Waals surface area contributed by atoms with Crippen LogP contribution in [0.3, 0.4) is 0 Å². The number of hydrogen-bond donors (Lipinski definition) is 0. The third kappa shape index (κ3) is 2.49. The predicted molar refractivity (Wildman–Crippen MR) is 74.7 cm³/mol. The van der Waals surface area contributed by atoms with Crippen LogP contribution < -0.4 is 2.63 Å². The third-order valence-electron chi connectivity index (χ3n) is 3.00. The number of thiophene rings is 1. The Morgan fingerprint density at radius 3 is 2.24 bits per heavy atom. The van der Waals surface area contributed by atoms with Crippen LogP contribution in [0.4, 0.5) is 0 Å². The van der Waals surface area contributed by atoms with Crippen molar-refractivity contribution in [3.8, 4) is 0 Å². The molecule has 1 aromatic heterocycles. The van der Waals surface area contributed by atoms with Gasteiger partial charge in [-0.05, 0) is 0 Å². The Kier molecular flexibility index (Phi) is 4.40. The molecular formula is C14H12ClHfS. The maximum absolute atomic E-state index is 2.34. The third-order valence-corrected chi connectivity index (χ3v) is 5.96. The van der Waals surface area contributed by atoms with Gasteiger partial charge in [0.15, 0.2) is 0 Å². The SMILES string of the molecule is Cl.[Hf][c]1scc(C2=CC=CC2)c1C1=CC=CC1. The van der Waals surface area contributed by atoms with E-state index in [2.05, 4.69) is 41.8 Å². The van der Waals surface area contributed by atoms with Gasteiger partial charge >= 0.3 is 115 Å². The van der Waals surface area contributed by atoms with E-state index in [0.717, 1.165) is 37.2 Å². The molecule has 3 rings (SSSR count). The van der Waals surface area contributed by atoms with Crippen molar-refractivity contribution < 1.29 is 24.4 Å². The summed E-state index contributed by atoms with van der Waals surface area (Å²) in [6.07, 6.45) is 15.6. The van der Waals surface area contributed by atoms with Gasteiger partial charge in [-0.1, -0.05) is 0 Å². The number of rotatable bonds is 2. The molecule has 2 aliphatic carbocycles. The van der Waals surface area contributed by atoms with Gasteiger partial charge in [0.25, 0.3) is 0 Å². The average Bonchev–Trinajstić information content (AvgIpc) is 2.96. The molecule has 0 aliphatic heterocycles. The minimum atomic E-state index is 0. The van der Waals surface area contributed by atoms with Crippen molar-refractivity contribution in [2.45, 2.75) is 12.8 Å². The molecule has 0 nitrogen and oxygen atoms in total. The van der Waals surface area contributed by atoms with Gasteiger partial charge in [0.2, 0.25) is 0 Å². The molecule has 0 saturated carbocycles. The van der Waals surface area contributed by atoms with E-state index < -0.39 is 0 Å². The Labute approximate surface area is 127 Å². The van der Waals surface area contributed by atoms with Crippen molar-refractivity contribution in [3.05, 3.63) is 53.0 Å². The fourth-order valence-corrected chi connectivity index (χ4v) is 4.75. The molecule has 0 amide bonds. The van der Waals surface area contributed by atoms with Gasteiger partial charge < -0.3 is 0 Å². The van der Waals surface area contributed by atoms with Crippen LogP contribution in [-0.2, 0) is 24.4 Å². The molecule has 0 aromatic carbocycles. The maximum atomic E-state index is 2.34. The molecule has 0 atom stereocenters. The van der Waals surface area contributed by atoms with Gasteiger partial charge in [-0.15, -0.1) is 12.4 Å². The second kappa shape index (κ2) is 5.64. The van der Waals surface area contributed by atoms with Crippen molar-refractivity contribution in [1.82, 2.24) is 0 Å². The first kappa shape index (κ1) is 13.3. The fraction of sp³-hybridized carbons (Fsp3) is 0.143. The first-order chi connectivity index (χ1) is 7.86. The molecule has 0 fully saturated rings. The molecule has 0 bridgehead atoms. The standard InChI is InChI=1S/C14H11S.ClH.Hf/c1-2-6-11(5-1)13-9-15-10-14(13)12-7-3-4-8-12;;/h1-5,7,9H,6,8H2;1H;. The summed E-state index contributed by atoms with van der Waals surface area (Å²) in [4.78, 5) is 0. The Hall–Kier alpha value is -0.180. The monoisotopic (exact) mass is 427 g/mol. The second-order valence-corrected chi connectivity index (χ2v) is 7.98. The average molecular weight is 426 g/mol. The molecule has 1 aromatic rings. The minimum absolute atomic E-state index is 0. The van der Waals surface area contributed by atoms with Gasteiger partial charge in [0, 0.05) is 0 Å². The number of allylic oxidation sites excluding steroid dienone is 8. The van der Waals surface area contributed by atoms with E-state index in [-0.39, 0.29) is 12.4 Å². The van der Waals surface area contributed by atoms with Gasteiger partial charge in [-0.3, -0.25) is 0 Å². The van der Waals surface area contributed by atoms with Crippen LogP contribution in [0.15, 0.2) is 41.8 Å². The van der Waals surface area contributed by atoms with Gasteiger partial charge in [0.1, 0.15) is 0 Å². The number of halogens is 1. The zero-order valence-electron chi connectivity index (χ0n) is 9.27. The molecule has 0 spiro atoms. The van der Waals surface area contributed by atoms with Crippen molar-refractivity contribution in [2.75, 3.05) is 0 Å². The predicted octanol–water partition coefficient (Wildman–Crippen LogP) is 4.03. The quantitative estimate of drug-likeness (QED) is 0.627. The van der Waals surface area contributed by atoms with Gasteiger partial charge in [-0.2, -0.15) is 0 Å². The molecule has 3 heteroatoms. The van der Waals surface area contributed by atoms with Crippen molar-refractivity contribution in [3.63, 3.8) is 0 Å². The summed E-state index contributed by atoms with van der Waals surface area (Å²) in [5.41, 5.74) is 6.02. The zero-order chi connectivity index (χ0) is 11.0. The summed E-state index contributed by atoms with van der Waals surface area (Å²) < 4.78 is 1.58. The van der Waals surface area contributed by atoms with Crippen molar-refractivity contribution in [2.24, 2.45) is 0 Å². The van der Waals surface area contributed by atoms with Crippen LogP contribution >= 0.6 is 23.7 Å². The summed E-state index contributed by atoms with van der Waals surface area (Å²) in [7, 11) is 0. The van der Waals surface area contributed by atoms with E-state index in [1.807, 2.05) is 11.3 Å². The molecule has 0 radical (unpaired) electrons. The van der Waals surface area contributed by atoms with Crippen LogP contribution in [0.1, 0.15) is 24.0 Å². The normalized spacial score (nSPS) is 16.9. The van der Waals surface area contributed by atoms with Gasteiger partial charge in [0.05, 0.1) is 0 Å². The second-order valence-electron chi connectivity index (χ2n) is 4.00. The molecule has 0 unspecified atom stereocenters. The van der Waals surface area contributed by atoms with Gasteiger partial charge in [-0.25, -0.2) is 0 Å². The zero-order valence-corrected chi connectivity index (χ0v) is 14.5. The Balaban J connectivity index is 0.00000108. The van der Waals surface area contributed by atoms with E-state index in [0.29, 0.717) is 0 Å². The molecule has 17 heavy (non-hydrogen) atoms. The Morgan fingerprint density at radius 1 is 1.00 bits per heavy atom. The van der Waals surface area contributed by atoms with Crippen LogP contribution in [0, 0.1) is 0 Å². The topological polar surface area (TPSA) is 0 Å².